The van der Waals surface area contributed by atoms with E-state index in [4.69, 9.17) is 4.98 Å². The maximum absolute atomic E-state index is 4.70. The molecule has 0 saturated carbocycles. The molecule has 0 bridgehead atoms. The number of aromatic nitrogens is 3. The van der Waals surface area contributed by atoms with E-state index in [1.807, 2.05) is 6.20 Å². The van der Waals surface area contributed by atoms with E-state index in [2.05, 4.69) is 48.4 Å². The lowest BCUT2D eigenvalue weighted by atomic mass is 9.93. The molecule has 0 radical (unpaired) electrons. The van der Waals surface area contributed by atoms with Gasteiger partial charge in [-0.2, -0.15) is 0 Å². The molecule has 0 aliphatic heterocycles. The van der Waals surface area contributed by atoms with Crippen molar-refractivity contribution in [3.8, 4) is 0 Å². The van der Waals surface area contributed by atoms with Gasteiger partial charge in [-0.3, -0.25) is 4.98 Å². The van der Waals surface area contributed by atoms with Crippen molar-refractivity contribution in [1.82, 2.24) is 15.0 Å². The highest BCUT2D eigenvalue weighted by atomic mass is 32.1. The average Bonchev–Trinajstić information content (AvgIpc) is 2.85. The van der Waals surface area contributed by atoms with Crippen LogP contribution in [0.3, 0.4) is 0 Å². The third-order valence-corrected chi connectivity index (χ3v) is 3.74. The number of nitrogens with zero attached hydrogens (tertiary/aromatic N) is 3. The molecule has 20 heavy (non-hydrogen) atoms. The Morgan fingerprint density at radius 1 is 1.20 bits per heavy atom. The van der Waals surface area contributed by atoms with E-state index < -0.39 is 0 Å². The highest BCUT2D eigenvalue weighted by molar-refractivity contribution is 7.09. The molecule has 0 aliphatic carbocycles. The normalized spacial score (nSPS) is 11.6. The molecule has 5 heteroatoms. The predicted octanol–water partition coefficient (Wildman–Crippen LogP) is 3.64. The minimum Gasteiger partial charge on any atom is -0.369 e. The number of rotatable bonds is 5. The first kappa shape index (κ1) is 14.9. The highest BCUT2D eigenvalue weighted by Gasteiger charge is 2.17. The van der Waals surface area contributed by atoms with Crippen LogP contribution in [0.5, 0.6) is 0 Å². The van der Waals surface area contributed by atoms with Gasteiger partial charge < -0.3 is 5.32 Å². The first-order valence-corrected chi connectivity index (χ1v) is 7.86. The van der Waals surface area contributed by atoms with E-state index in [1.54, 1.807) is 17.5 Å². The lowest BCUT2D eigenvalue weighted by molar-refractivity contribution is 0.571. The standard InChI is InChI=1S/C15H22N4S/c1-5-6-17-13-9-16-8-11(18-13)7-14-19-12(10-20-14)15(2,3)4/h8-10H,5-7H2,1-4H3,(H,17,18). The minimum atomic E-state index is 0.102. The molecule has 0 spiro atoms. The lowest BCUT2D eigenvalue weighted by Gasteiger charge is -2.14. The number of nitrogens with one attached hydrogen (secondary N) is 1. The average molecular weight is 290 g/mol. The van der Waals surface area contributed by atoms with Crippen LogP contribution in [0.1, 0.15) is 50.5 Å². The fourth-order valence-corrected chi connectivity index (χ4v) is 2.76. The third kappa shape index (κ3) is 4.00. The summed E-state index contributed by atoms with van der Waals surface area (Å²) in [6, 6.07) is 0. The van der Waals surface area contributed by atoms with Crippen molar-refractivity contribution in [2.45, 2.75) is 46.0 Å². The molecular formula is C15H22N4S. The van der Waals surface area contributed by atoms with Gasteiger partial charge in [-0.25, -0.2) is 9.97 Å². The van der Waals surface area contributed by atoms with Crippen LogP contribution in [0, 0.1) is 0 Å². The van der Waals surface area contributed by atoms with E-state index in [1.165, 1.54) is 0 Å². The second-order valence-electron chi connectivity index (χ2n) is 5.88. The molecule has 0 atom stereocenters. The van der Waals surface area contributed by atoms with Gasteiger partial charge in [0.05, 0.1) is 22.6 Å². The number of hydrogen-bond donors (Lipinski definition) is 1. The van der Waals surface area contributed by atoms with Gasteiger partial charge in [0, 0.05) is 30.0 Å². The Morgan fingerprint density at radius 2 is 2.00 bits per heavy atom. The molecule has 0 aromatic carbocycles. The van der Waals surface area contributed by atoms with Gasteiger partial charge in [0.2, 0.25) is 0 Å². The van der Waals surface area contributed by atoms with Crippen molar-refractivity contribution in [1.29, 1.82) is 0 Å². The van der Waals surface area contributed by atoms with Crippen LogP contribution in [0.25, 0.3) is 0 Å². The predicted molar refractivity (Wildman–Crippen MR) is 84.4 cm³/mol. The summed E-state index contributed by atoms with van der Waals surface area (Å²) in [5.74, 6) is 0.844. The van der Waals surface area contributed by atoms with Crippen molar-refractivity contribution in [3.63, 3.8) is 0 Å². The van der Waals surface area contributed by atoms with Crippen molar-refractivity contribution < 1.29 is 0 Å². The maximum Gasteiger partial charge on any atom is 0.144 e. The molecule has 4 nitrogen and oxygen atoms in total. The molecule has 0 unspecified atom stereocenters. The van der Waals surface area contributed by atoms with Crippen LogP contribution in [0.15, 0.2) is 17.8 Å². The molecular weight excluding hydrogens is 268 g/mol. The molecule has 108 valence electrons. The Hall–Kier alpha value is -1.49. The van der Waals surface area contributed by atoms with Crippen LogP contribution in [-0.4, -0.2) is 21.5 Å². The van der Waals surface area contributed by atoms with Gasteiger partial charge in [0.25, 0.3) is 0 Å². The number of anilines is 1. The highest BCUT2D eigenvalue weighted by Crippen LogP contribution is 2.24. The van der Waals surface area contributed by atoms with Gasteiger partial charge in [0.15, 0.2) is 0 Å². The maximum atomic E-state index is 4.70. The fraction of sp³-hybridized carbons (Fsp3) is 0.533. The number of thiazole rings is 1. The molecule has 2 aromatic heterocycles. The van der Waals surface area contributed by atoms with Crippen LogP contribution < -0.4 is 5.32 Å². The van der Waals surface area contributed by atoms with Gasteiger partial charge in [0.1, 0.15) is 5.82 Å². The second-order valence-corrected chi connectivity index (χ2v) is 6.82. The quantitative estimate of drug-likeness (QED) is 0.913. The summed E-state index contributed by atoms with van der Waals surface area (Å²) in [5.41, 5.74) is 2.21. The van der Waals surface area contributed by atoms with Crippen LogP contribution >= 0.6 is 11.3 Å². The smallest absolute Gasteiger partial charge is 0.144 e. The van der Waals surface area contributed by atoms with Gasteiger partial charge in [-0.05, 0) is 6.42 Å². The molecule has 0 fully saturated rings. The fourth-order valence-electron chi connectivity index (χ4n) is 1.72. The zero-order chi connectivity index (χ0) is 14.6. The van der Waals surface area contributed by atoms with E-state index in [-0.39, 0.29) is 5.41 Å². The molecule has 0 aliphatic rings. The molecule has 2 heterocycles. The van der Waals surface area contributed by atoms with Gasteiger partial charge in [-0.15, -0.1) is 11.3 Å². The molecule has 2 rings (SSSR count). The topological polar surface area (TPSA) is 50.7 Å². The lowest BCUT2D eigenvalue weighted by Crippen LogP contribution is -2.11. The van der Waals surface area contributed by atoms with E-state index in [9.17, 15) is 0 Å². The second kappa shape index (κ2) is 6.31. The zero-order valence-corrected chi connectivity index (χ0v) is 13.4. The van der Waals surface area contributed by atoms with Crippen molar-refractivity contribution >= 4 is 17.2 Å². The summed E-state index contributed by atoms with van der Waals surface area (Å²) in [5, 5.41) is 6.49. The summed E-state index contributed by atoms with van der Waals surface area (Å²) < 4.78 is 0. The van der Waals surface area contributed by atoms with Crippen LogP contribution in [0.4, 0.5) is 5.82 Å². The zero-order valence-electron chi connectivity index (χ0n) is 12.6. The minimum absolute atomic E-state index is 0.102. The van der Waals surface area contributed by atoms with Crippen molar-refractivity contribution in [2.24, 2.45) is 0 Å². The number of hydrogen-bond acceptors (Lipinski definition) is 5. The Kier molecular flexibility index (Phi) is 4.70. The Bertz CT molecular complexity index is 557. The third-order valence-electron chi connectivity index (χ3n) is 2.89. The summed E-state index contributed by atoms with van der Waals surface area (Å²) in [4.78, 5) is 13.5. The van der Waals surface area contributed by atoms with E-state index in [0.717, 1.165) is 41.6 Å². The molecule has 2 aromatic rings. The van der Waals surface area contributed by atoms with Gasteiger partial charge in [-0.1, -0.05) is 27.7 Å². The Morgan fingerprint density at radius 3 is 2.65 bits per heavy atom. The summed E-state index contributed by atoms with van der Waals surface area (Å²) in [6.45, 7) is 9.60. The largest absolute Gasteiger partial charge is 0.369 e. The summed E-state index contributed by atoms with van der Waals surface area (Å²) >= 11 is 1.70. The molecule has 1 N–H and O–H groups in total. The molecule has 0 saturated heterocycles. The summed E-state index contributed by atoms with van der Waals surface area (Å²) in [7, 11) is 0. The van der Waals surface area contributed by atoms with Crippen molar-refractivity contribution in [2.75, 3.05) is 11.9 Å². The molecule has 0 amide bonds. The Labute approximate surface area is 124 Å². The van der Waals surface area contributed by atoms with Crippen LogP contribution in [0.2, 0.25) is 0 Å². The van der Waals surface area contributed by atoms with Crippen molar-refractivity contribution in [3.05, 3.63) is 34.2 Å². The van der Waals surface area contributed by atoms with E-state index in [0.29, 0.717) is 0 Å². The summed E-state index contributed by atoms with van der Waals surface area (Å²) in [6.07, 6.45) is 5.40. The first-order chi connectivity index (χ1) is 9.49. The van der Waals surface area contributed by atoms with E-state index >= 15 is 0 Å². The van der Waals surface area contributed by atoms with Gasteiger partial charge >= 0.3 is 0 Å². The monoisotopic (exact) mass is 290 g/mol. The van der Waals surface area contributed by atoms with Crippen LogP contribution in [-0.2, 0) is 11.8 Å². The SMILES string of the molecule is CCCNc1cncc(Cc2nc(C(C)(C)C)cs2)n1. The first-order valence-electron chi connectivity index (χ1n) is 6.98. The Balaban J connectivity index is 2.08.